The summed E-state index contributed by atoms with van der Waals surface area (Å²) in [6.07, 6.45) is 1.81. The lowest BCUT2D eigenvalue weighted by Crippen LogP contribution is -1.71. The highest BCUT2D eigenvalue weighted by Gasteiger charge is 2.07. The lowest BCUT2D eigenvalue weighted by molar-refractivity contribution is 1.38. The van der Waals surface area contributed by atoms with Crippen molar-refractivity contribution in [3.63, 3.8) is 0 Å². The summed E-state index contributed by atoms with van der Waals surface area (Å²) >= 11 is 6.75. The molecule has 15 heavy (non-hydrogen) atoms. The first-order valence-electron chi connectivity index (χ1n) is 4.29. The molecule has 0 aliphatic rings. The van der Waals surface area contributed by atoms with Crippen molar-refractivity contribution in [1.29, 1.82) is 0 Å². The Morgan fingerprint density at radius 1 is 1.20 bits per heavy atom. The summed E-state index contributed by atoms with van der Waals surface area (Å²) in [4.78, 5) is 8.80. The second-order valence-electron chi connectivity index (χ2n) is 2.97. The molecule has 0 radical (unpaired) electrons. The fraction of sp³-hybridized carbons (Fsp3) is 0. The van der Waals surface area contributed by atoms with Gasteiger partial charge in [0.05, 0.1) is 10.2 Å². The first-order valence-corrected chi connectivity index (χ1v) is 6.78. The predicted octanol–water partition coefficient (Wildman–Crippen LogP) is 4.18. The second-order valence-corrected chi connectivity index (χ2v) is 5.81. The van der Waals surface area contributed by atoms with E-state index in [2.05, 4.69) is 32.0 Å². The zero-order valence-electron chi connectivity index (χ0n) is 7.48. The number of rotatable bonds is 1. The van der Waals surface area contributed by atoms with Gasteiger partial charge in [-0.05, 0) is 18.2 Å². The van der Waals surface area contributed by atoms with E-state index < -0.39 is 0 Å². The van der Waals surface area contributed by atoms with Crippen LogP contribution in [0.15, 0.2) is 34.2 Å². The van der Waals surface area contributed by atoms with Crippen LogP contribution in [0.3, 0.4) is 0 Å². The molecule has 3 aromatic rings. The highest BCUT2D eigenvalue weighted by molar-refractivity contribution is 9.10. The standard InChI is InChI=1S/C10H5BrN2S2/c11-6-1-2-7-8(5-6)15-10(13-7)9-12-3-4-14-9/h1-5H. The van der Waals surface area contributed by atoms with Gasteiger partial charge in [-0.3, -0.25) is 0 Å². The van der Waals surface area contributed by atoms with E-state index in [1.165, 1.54) is 4.70 Å². The van der Waals surface area contributed by atoms with Crippen molar-refractivity contribution in [2.75, 3.05) is 0 Å². The number of thiazole rings is 2. The molecule has 1 aromatic carbocycles. The highest BCUT2D eigenvalue weighted by atomic mass is 79.9. The number of halogens is 1. The second kappa shape index (κ2) is 3.66. The van der Waals surface area contributed by atoms with Crippen molar-refractivity contribution in [1.82, 2.24) is 9.97 Å². The summed E-state index contributed by atoms with van der Waals surface area (Å²) < 4.78 is 2.28. The Bertz CT molecular complexity index is 601. The zero-order valence-corrected chi connectivity index (χ0v) is 10.7. The molecule has 0 bridgehead atoms. The lowest BCUT2D eigenvalue weighted by atomic mass is 10.3. The van der Waals surface area contributed by atoms with Gasteiger partial charge in [0.25, 0.3) is 0 Å². The van der Waals surface area contributed by atoms with Crippen LogP contribution in [0, 0.1) is 0 Å². The van der Waals surface area contributed by atoms with Crippen molar-refractivity contribution in [3.8, 4) is 10.0 Å². The number of fused-ring (bicyclic) bond motifs is 1. The van der Waals surface area contributed by atoms with Crippen molar-refractivity contribution in [3.05, 3.63) is 34.2 Å². The van der Waals surface area contributed by atoms with Gasteiger partial charge < -0.3 is 0 Å². The summed E-state index contributed by atoms with van der Waals surface area (Å²) in [5.74, 6) is 0. The van der Waals surface area contributed by atoms with Gasteiger partial charge in [0.2, 0.25) is 0 Å². The number of aromatic nitrogens is 2. The van der Waals surface area contributed by atoms with Crippen LogP contribution in [0.2, 0.25) is 0 Å². The summed E-state index contributed by atoms with van der Waals surface area (Å²) in [6.45, 7) is 0. The van der Waals surface area contributed by atoms with Gasteiger partial charge in [-0.15, -0.1) is 22.7 Å². The quantitative estimate of drug-likeness (QED) is 0.673. The Kier molecular flexibility index (Phi) is 2.31. The maximum Gasteiger partial charge on any atom is 0.153 e. The van der Waals surface area contributed by atoms with E-state index in [0.717, 1.165) is 20.0 Å². The highest BCUT2D eigenvalue weighted by Crippen LogP contribution is 2.32. The molecule has 2 aromatic heterocycles. The Morgan fingerprint density at radius 3 is 2.93 bits per heavy atom. The van der Waals surface area contributed by atoms with Gasteiger partial charge >= 0.3 is 0 Å². The Balaban J connectivity index is 2.22. The van der Waals surface area contributed by atoms with E-state index in [9.17, 15) is 0 Å². The zero-order chi connectivity index (χ0) is 10.3. The smallest absolute Gasteiger partial charge is 0.153 e. The van der Waals surface area contributed by atoms with Crippen LogP contribution < -0.4 is 0 Å². The fourth-order valence-corrected chi connectivity index (χ4v) is 3.52. The van der Waals surface area contributed by atoms with Crippen molar-refractivity contribution in [2.45, 2.75) is 0 Å². The molecule has 0 atom stereocenters. The molecule has 74 valence electrons. The molecule has 0 unspecified atom stereocenters. The summed E-state index contributed by atoms with van der Waals surface area (Å²) in [5, 5.41) is 3.96. The molecule has 3 rings (SSSR count). The molecule has 5 heteroatoms. The van der Waals surface area contributed by atoms with Crippen molar-refractivity contribution in [2.24, 2.45) is 0 Å². The molecule has 0 saturated carbocycles. The van der Waals surface area contributed by atoms with Gasteiger partial charge in [0.1, 0.15) is 0 Å². The van der Waals surface area contributed by atoms with Crippen LogP contribution in [-0.4, -0.2) is 9.97 Å². The average molecular weight is 297 g/mol. The third-order valence-corrected chi connectivity index (χ3v) is 4.39. The number of hydrogen-bond acceptors (Lipinski definition) is 4. The van der Waals surface area contributed by atoms with Crippen LogP contribution in [0.25, 0.3) is 20.2 Å². The van der Waals surface area contributed by atoms with E-state index >= 15 is 0 Å². The predicted molar refractivity (Wildman–Crippen MR) is 68.4 cm³/mol. The van der Waals surface area contributed by atoms with Crippen molar-refractivity contribution < 1.29 is 0 Å². The third-order valence-electron chi connectivity index (χ3n) is 1.97. The maximum absolute atomic E-state index is 4.54. The Hall–Kier alpha value is -0.780. The average Bonchev–Trinajstić information content (AvgIpc) is 2.84. The van der Waals surface area contributed by atoms with Crippen LogP contribution >= 0.6 is 38.6 Å². The minimum absolute atomic E-state index is 0.993. The lowest BCUT2D eigenvalue weighted by Gasteiger charge is -1.86. The summed E-state index contributed by atoms with van der Waals surface area (Å²) in [5.41, 5.74) is 1.04. The molecule has 2 heterocycles. The Morgan fingerprint density at radius 2 is 2.13 bits per heavy atom. The van der Waals surface area contributed by atoms with Crippen LogP contribution in [-0.2, 0) is 0 Å². The fourth-order valence-electron chi connectivity index (χ4n) is 1.32. The molecular formula is C10H5BrN2S2. The minimum atomic E-state index is 0.993. The topological polar surface area (TPSA) is 25.8 Å². The number of nitrogens with zero attached hydrogens (tertiary/aromatic N) is 2. The van der Waals surface area contributed by atoms with Gasteiger partial charge in [-0.2, -0.15) is 0 Å². The summed E-state index contributed by atoms with van der Waals surface area (Å²) in [6, 6.07) is 6.12. The van der Waals surface area contributed by atoms with Crippen LogP contribution in [0.1, 0.15) is 0 Å². The third kappa shape index (κ3) is 1.71. The normalized spacial score (nSPS) is 11.0. The molecule has 0 N–H and O–H groups in total. The monoisotopic (exact) mass is 296 g/mol. The van der Waals surface area contributed by atoms with Gasteiger partial charge in [0, 0.05) is 16.0 Å². The van der Waals surface area contributed by atoms with Gasteiger partial charge in [-0.1, -0.05) is 15.9 Å². The summed E-state index contributed by atoms with van der Waals surface area (Å²) in [7, 11) is 0. The molecule has 0 aliphatic heterocycles. The molecule has 2 nitrogen and oxygen atoms in total. The van der Waals surface area contributed by atoms with Crippen LogP contribution in [0.4, 0.5) is 0 Å². The first kappa shape index (κ1) is 9.45. The first-order chi connectivity index (χ1) is 7.33. The van der Waals surface area contributed by atoms with Crippen molar-refractivity contribution >= 4 is 48.8 Å². The van der Waals surface area contributed by atoms with Gasteiger partial charge in [0.15, 0.2) is 10.0 Å². The number of hydrogen-bond donors (Lipinski definition) is 0. The molecule has 0 spiro atoms. The van der Waals surface area contributed by atoms with E-state index in [-0.39, 0.29) is 0 Å². The van der Waals surface area contributed by atoms with E-state index in [1.807, 2.05) is 23.7 Å². The molecular weight excluding hydrogens is 292 g/mol. The molecule has 0 fully saturated rings. The SMILES string of the molecule is Brc1ccc2nc(-c3nccs3)sc2c1. The van der Waals surface area contributed by atoms with E-state index in [0.29, 0.717) is 0 Å². The van der Waals surface area contributed by atoms with Crippen LogP contribution in [0.5, 0.6) is 0 Å². The molecule has 0 amide bonds. The Labute approximate surface area is 103 Å². The minimum Gasteiger partial charge on any atom is -0.242 e. The van der Waals surface area contributed by atoms with E-state index in [1.54, 1.807) is 22.7 Å². The molecule has 0 aliphatic carbocycles. The number of benzene rings is 1. The molecule has 0 saturated heterocycles. The largest absolute Gasteiger partial charge is 0.242 e. The van der Waals surface area contributed by atoms with E-state index in [4.69, 9.17) is 0 Å². The maximum atomic E-state index is 4.54. The van der Waals surface area contributed by atoms with Gasteiger partial charge in [-0.25, -0.2) is 9.97 Å².